The van der Waals surface area contributed by atoms with Crippen molar-refractivity contribution in [3.05, 3.63) is 42.0 Å². The fourth-order valence-electron chi connectivity index (χ4n) is 2.79. The maximum Gasteiger partial charge on any atom is 0.354 e. The highest BCUT2D eigenvalue weighted by molar-refractivity contribution is 5.79. The van der Waals surface area contributed by atoms with Crippen LogP contribution in [0.5, 0.6) is 0 Å². The van der Waals surface area contributed by atoms with Crippen molar-refractivity contribution in [3.8, 4) is 0 Å². The fourth-order valence-corrected chi connectivity index (χ4v) is 2.79. The molecule has 0 spiro atoms. The van der Waals surface area contributed by atoms with Crippen LogP contribution in [0, 0.1) is 52.8 Å². The maximum absolute atomic E-state index is 14.6. The van der Waals surface area contributed by atoms with Crippen LogP contribution in [0.4, 0.5) is 31.5 Å². The lowest BCUT2D eigenvalue weighted by atomic mass is 9.91. The van der Waals surface area contributed by atoms with E-state index in [1.807, 2.05) is 0 Å². The number of nitro benzene ring substituents is 3. The van der Waals surface area contributed by atoms with E-state index in [1.54, 1.807) is 41.5 Å². The monoisotopic (exact) mass is 404 g/mol. The molecule has 10 nitrogen and oxygen atoms in total. The molecule has 1 rings (SSSR count). The largest absolute Gasteiger partial charge is 0.359 e. The van der Waals surface area contributed by atoms with Crippen LogP contribution in [0.3, 0.4) is 0 Å². The van der Waals surface area contributed by atoms with Crippen LogP contribution in [0.1, 0.15) is 41.5 Å². The number of rotatable bonds is 6. The number of halogens is 2. The molecule has 1 aromatic rings. The van der Waals surface area contributed by atoms with Gasteiger partial charge in [0.05, 0.1) is 14.8 Å². The molecule has 0 amide bonds. The van der Waals surface area contributed by atoms with Crippen LogP contribution in [-0.2, 0) is 0 Å². The Morgan fingerprint density at radius 2 is 1.00 bits per heavy atom. The molecular formula is C16H22F2N4O6. The maximum atomic E-state index is 14.6. The summed E-state index contributed by atoms with van der Waals surface area (Å²) < 4.78 is 29.2. The molecule has 0 aliphatic carbocycles. The van der Waals surface area contributed by atoms with Gasteiger partial charge in [-0.1, -0.05) is 41.5 Å². The van der Waals surface area contributed by atoms with E-state index >= 15 is 0 Å². The highest BCUT2D eigenvalue weighted by Crippen LogP contribution is 2.47. The summed E-state index contributed by atoms with van der Waals surface area (Å²) in [6.45, 7) is 10.4. The average molecular weight is 404 g/mol. The number of hydrogen-bond donors (Lipinski definition) is 0. The molecule has 0 saturated carbocycles. The first kappa shape index (κ1) is 23.1. The molecule has 0 heterocycles. The summed E-state index contributed by atoms with van der Waals surface area (Å²) >= 11 is 0. The van der Waals surface area contributed by atoms with Crippen LogP contribution < -0.4 is 4.90 Å². The highest BCUT2D eigenvalue weighted by atomic mass is 19.1. The Bertz CT molecular complexity index is 773. The van der Waals surface area contributed by atoms with E-state index in [0.717, 1.165) is 4.90 Å². The van der Waals surface area contributed by atoms with Gasteiger partial charge in [-0.3, -0.25) is 30.3 Å². The summed E-state index contributed by atoms with van der Waals surface area (Å²) in [5.41, 5.74) is -6.96. The molecule has 0 aliphatic heterocycles. The van der Waals surface area contributed by atoms with E-state index in [1.165, 1.54) is 0 Å². The minimum Gasteiger partial charge on any atom is -0.359 e. The summed E-state index contributed by atoms with van der Waals surface area (Å²) in [7, 11) is 0. The normalized spacial score (nSPS) is 12.0. The van der Waals surface area contributed by atoms with E-state index in [2.05, 4.69) is 0 Å². The van der Waals surface area contributed by atoms with Crippen LogP contribution in [-0.4, -0.2) is 27.9 Å². The molecule has 0 atom stereocenters. The molecular weight excluding hydrogens is 382 g/mol. The Kier molecular flexibility index (Phi) is 6.28. The van der Waals surface area contributed by atoms with Gasteiger partial charge in [-0.25, -0.2) is 0 Å². The third-order valence-corrected chi connectivity index (χ3v) is 3.47. The molecule has 0 N–H and O–H groups in total. The van der Waals surface area contributed by atoms with Crippen molar-refractivity contribution < 1.29 is 23.6 Å². The van der Waals surface area contributed by atoms with E-state index in [4.69, 9.17) is 0 Å². The summed E-state index contributed by atoms with van der Waals surface area (Å²) in [4.78, 5) is 31.0. The van der Waals surface area contributed by atoms with Crippen molar-refractivity contribution in [2.24, 2.45) is 10.8 Å². The van der Waals surface area contributed by atoms with E-state index in [0.29, 0.717) is 0 Å². The minimum atomic E-state index is -2.05. The number of anilines is 1. The molecule has 0 aromatic heterocycles. The number of nitro groups is 3. The Hall–Kier alpha value is -2.92. The quantitative estimate of drug-likeness (QED) is 0.500. The molecule has 0 bridgehead atoms. The SMILES string of the molecule is CC(C)(C)CN(CC(C)(C)C)c1c([N+](=O)[O-])c(F)c([N+](=O)[O-])c(F)c1[N+](=O)[O-]. The van der Waals surface area contributed by atoms with Crippen molar-refractivity contribution in [1.29, 1.82) is 0 Å². The molecule has 28 heavy (non-hydrogen) atoms. The van der Waals surface area contributed by atoms with Crippen molar-refractivity contribution in [1.82, 2.24) is 0 Å². The minimum absolute atomic E-state index is 0.0252. The number of nitrogens with zero attached hydrogens (tertiary/aromatic N) is 4. The van der Waals surface area contributed by atoms with E-state index in [9.17, 15) is 39.1 Å². The van der Waals surface area contributed by atoms with Gasteiger partial charge in [0, 0.05) is 13.1 Å². The van der Waals surface area contributed by atoms with Crippen molar-refractivity contribution in [2.75, 3.05) is 18.0 Å². The second kappa shape index (κ2) is 7.60. The number of hydrogen-bond acceptors (Lipinski definition) is 7. The molecule has 1 aromatic carbocycles. The molecule has 0 aliphatic rings. The van der Waals surface area contributed by atoms with Gasteiger partial charge in [-0.05, 0) is 10.8 Å². The van der Waals surface area contributed by atoms with Crippen molar-refractivity contribution in [2.45, 2.75) is 41.5 Å². The first-order chi connectivity index (χ1) is 12.5. The van der Waals surface area contributed by atoms with Gasteiger partial charge in [0.2, 0.25) is 5.69 Å². The predicted molar refractivity (Wildman–Crippen MR) is 97.4 cm³/mol. The molecule has 12 heteroatoms. The molecule has 0 radical (unpaired) electrons. The smallest absolute Gasteiger partial charge is 0.354 e. The van der Waals surface area contributed by atoms with Crippen LogP contribution >= 0.6 is 0 Å². The summed E-state index contributed by atoms with van der Waals surface area (Å²) in [6.07, 6.45) is 0. The third kappa shape index (κ3) is 5.08. The Labute approximate surface area is 159 Å². The number of benzene rings is 1. The lowest BCUT2D eigenvalue weighted by Crippen LogP contribution is -2.39. The zero-order chi connectivity index (χ0) is 22.2. The van der Waals surface area contributed by atoms with E-state index in [-0.39, 0.29) is 13.1 Å². The fraction of sp³-hybridized carbons (Fsp3) is 0.625. The Morgan fingerprint density at radius 1 is 0.714 bits per heavy atom. The van der Waals surface area contributed by atoms with Crippen molar-refractivity contribution >= 4 is 22.7 Å². The standard InChI is InChI=1S/C16H22F2N4O6/c1-15(2,3)7-19(8-16(4,5)6)14-12(21(25)26)9(17)11(20(23)24)10(18)13(14)22(27)28/h7-8H2,1-6H3. The van der Waals surface area contributed by atoms with Gasteiger partial charge in [-0.15, -0.1) is 0 Å². The van der Waals surface area contributed by atoms with Crippen LogP contribution in [0.15, 0.2) is 0 Å². The third-order valence-electron chi connectivity index (χ3n) is 3.47. The Balaban J connectivity index is 4.08. The zero-order valence-corrected chi connectivity index (χ0v) is 16.4. The average Bonchev–Trinajstić information content (AvgIpc) is 2.41. The van der Waals surface area contributed by atoms with Gasteiger partial charge in [0.15, 0.2) is 0 Å². The van der Waals surface area contributed by atoms with Crippen molar-refractivity contribution in [3.63, 3.8) is 0 Å². The van der Waals surface area contributed by atoms with Gasteiger partial charge < -0.3 is 4.90 Å². The van der Waals surface area contributed by atoms with Gasteiger partial charge in [-0.2, -0.15) is 8.78 Å². The van der Waals surface area contributed by atoms with Gasteiger partial charge >= 0.3 is 17.1 Å². The lowest BCUT2D eigenvalue weighted by molar-refractivity contribution is -0.409. The molecule has 0 unspecified atom stereocenters. The zero-order valence-electron chi connectivity index (χ0n) is 16.4. The topological polar surface area (TPSA) is 133 Å². The molecule has 0 saturated heterocycles. The van der Waals surface area contributed by atoms with E-state index < -0.39 is 60.0 Å². The molecule has 0 fully saturated rings. The predicted octanol–water partition coefficient (Wildman–Crippen LogP) is 4.59. The highest BCUT2D eigenvalue weighted by Gasteiger charge is 2.46. The van der Waals surface area contributed by atoms with Gasteiger partial charge in [0.25, 0.3) is 11.6 Å². The second-order valence-electron chi connectivity index (χ2n) is 8.77. The lowest BCUT2D eigenvalue weighted by Gasteiger charge is -2.35. The summed E-state index contributed by atoms with van der Waals surface area (Å²) in [6, 6.07) is 0. The molecule has 156 valence electrons. The second-order valence-corrected chi connectivity index (χ2v) is 8.77. The Morgan fingerprint density at radius 3 is 1.21 bits per heavy atom. The summed E-state index contributed by atoms with van der Waals surface area (Å²) in [5.74, 6) is -4.11. The van der Waals surface area contributed by atoms with Crippen LogP contribution in [0.25, 0.3) is 0 Å². The van der Waals surface area contributed by atoms with Gasteiger partial charge in [0.1, 0.15) is 0 Å². The van der Waals surface area contributed by atoms with Crippen LogP contribution in [0.2, 0.25) is 0 Å². The summed E-state index contributed by atoms with van der Waals surface area (Å²) in [5, 5.41) is 34.0. The first-order valence-corrected chi connectivity index (χ1v) is 8.21. The first-order valence-electron chi connectivity index (χ1n) is 8.21.